The standard InChI is InChI=1S/C8H9F.C8H10.2CH4/c1-6-3-4-7(2)8(9)5-6;1-7-3-5-8(2)6-4-7;;/h3-5H,1-2H3;3-6H,1-2H3;2*1H4. The normalized spacial score (nSPS) is 8.47. The lowest BCUT2D eigenvalue weighted by Crippen LogP contribution is -1.81. The van der Waals surface area contributed by atoms with Gasteiger partial charge in [0.15, 0.2) is 0 Å². The fraction of sp³-hybridized carbons (Fsp3) is 0.333. The maximum Gasteiger partial charge on any atom is 0.126 e. The Morgan fingerprint density at radius 3 is 1.32 bits per heavy atom. The Balaban J connectivity index is 0. The minimum Gasteiger partial charge on any atom is -0.207 e. The van der Waals surface area contributed by atoms with Gasteiger partial charge in [-0.2, -0.15) is 0 Å². The number of aryl methyl sites for hydroxylation is 4. The van der Waals surface area contributed by atoms with Crippen LogP contribution in [0.1, 0.15) is 37.1 Å². The van der Waals surface area contributed by atoms with Crippen molar-refractivity contribution in [1.29, 1.82) is 0 Å². The summed E-state index contributed by atoms with van der Waals surface area (Å²) >= 11 is 0. The highest BCUT2D eigenvalue weighted by molar-refractivity contribution is 5.21. The van der Waals surface area contributed by atoms with Crippen LogP contribution in [0.2, 0.25) is 0 Å². The molecule has 2 aromatic rings. The zero-order chi connectivity index (χ0) is 12.8. The molecular formula is C18H27F. The molecule has 0 bridgehead atoms. The van der Waals surface area contributed by atoms with Crippen LogP contribution in [0.5, 0.6) is 0 Å². The summed E-state index contributed by atoms with van der Waals surface area (Å²) in [5.74, 6) is -0.116. The van der Waals surface area contributed by atoms with Gasteiger partial charge in [0, 0.05) is 0 Å². The number of rotatable bonds is 0. The second kappa shape index (κ2) is 9.32. The zero-order valence-corrected chi connectivity index (χ0v) is 10.9. The molecule has 0 saturated carbocycles. The monoisotopic (exact) mass is 262 g/mol. The van der Waals surface area contributed by atoms with E-state index >= 15 is 0 Å². The molecule has 0 aromatic heterocycles. The summed E-state index contributed by atoms with van der Waals surface area (Å²) in [5, 5.41) is 0. The van der Waals surface area contributed by atoms with E-state index in [4.69, 9.17) is 0 Å². The molecule has 0 spiro atoms. The molecule has 106 valence electrons. The van der Waals surface area contributed by atoms with Gasteiger partial charge in [-0.25, -0.2) is 4.39 Å². The Labute approximate surface area is 118 Å². The van der Waals surface area contributed by atoms with E-state index < -0.39 is 0 Å². The number of benzene rings is 2. The van der Waals surface area contributed by atoms with E-state index in [1.54, 1.807) is 13.0 Å². The van der Waals surface area contributed by atoms with Gasteiger partial charge < -0.3 is 0 Å². The van der Waals surface area contributed by atoms with Crippen molar-refractivity contribution in [2.24, 2.45) is 0 Å². The van der Waals surface area contributed by atoms with Crippen molar-refractivity contribution in [3.05, 3.63) is 70.5 Å². The van der Waals surface area contributed by atoms with Crippen LogP contribution in [-0.4, -0.2) is 0 Å². The minimum absolute atomic E-state index is 0. The molecule has 0 saturated heterocycles. The van der Waals surface area contributed by atoms with Crippen LogP contribution in [-0.2, 0) is 0 Å². The minimum atomic E-state index is -0.116. The fourth-order valence-electron chi connectivity index (χ4n) is 1.33. The summed E-state index contributed by atoms with van der Waals surface area (Å²) in [6.07, 6.45) is 0. The van der Waals surface area contributed by atoms with E-state index in [0.29, 0.717) is 5.56 Å². The molecule has 19 heavy (non-hydrogen) atoms. The van der Waals surface area contributed by atoms with Crippen molar-refractivity contribution in [2.45, 2.75) is 42.5 Å². The molecule has 0 aliphatic carbocycles. The maximum absolute atomic E-state index is 12.6. The fourth-order valence-corrected chi connectivity index (χ4v) is 1.33. The summed E-state index contributed by atoms with van der Waals surface area (Å²) in [5.41, 5.74) is 4.34. The van der Waals surface area contributed by atoms with Crippen LogP contribution in [0.15, 0.2) is 42.5 Å². The third kappa shape index (κ3) is 7.40. The van der Waals surface area contributed by atoms with E-state index in [9.17, 15) is 4.39 Å². The molecule has 0 aliphatic heterocycles. The number of halogens is 1. The van der Waals surface area contributed by atoms with Gasteiger partial charge in [0.05, 0.1) is 0 Å². The Hall–Kier alpha value is -1.63. The van der Waals surface area contributed by atoms with E-state index in [0.717, 1.165) is 5.56 Å². The molecule has 0 aliphatic rings. The molecule has 0 nitrogen and oxygen atoms in total. The molecule has 0 unspecified atom stereocenters. The summed E-state index contributed by atoms with van der Waals surface area (Å²) in [4.78, 5) is 0. The lowest BCUT2D eigenvalue weighted by molar-refractivity contribution is 0.617. The molecule has 2 aromatic carbocycles. The zero-order valence-electron chi connectivity index (χ0n) is 10.9. The van der Waals surface area contributed by atoms with Crippen LogP contribution < -0.4 is 0 Å². The highest BCUT2D eigenvalue weighted by Gasteiger charge is 1.93. The van der Waals surface area contributed by atoms with E-state index in [-0.39, 0.29) is 20.7 Å². The van der Waals surface area contributed by atoms with Gasteiger partial charge in [-0.1, -0.05) is 62.4 Å². The third-order valence-corrected chi connectivity index (χ3v) is 2.55. The molecule has 0 N–H and O–H groups in total. The predicted molar refractivity (Wildman–Crippen MR) is 85.3 cm³/mol. The van der Waals surface area contributed by atoms with Crippen LogP contribution >= 0.6 is 0 Å². The first-order valence-electron chi connectivity index (χ1n) is 5.75. The van der Waals surface area contributed by atoms with Crippen molar-refractivity contribution in [1.82, 2.24) is 0 Å². The summed E-state index contributed by atoms with van der Waals surface area (Å²) in [6, 6.07) is 13.7. The Kier molecular flexibility index (Phi) is 9.67. The van der Waals surface area contributed by atoms with Gasteiger partial charge >= 0.3 is 0 Å². The number of hydrogen-bond donors (Lipinski definition) is 0. The van der Waals surface area contributed by atoms with Crippen molar-refractivity contribution in [3.8, 4) is 0 Å². The molecule has 1 heteroatoms. The molecule has 0 atom stereocenters. The number of hydrogen-bond acceptors (Lipinski definition) is 0. The van der Waals surface area contributed by atoms with Crippen molar-refractivity contribution >= 4 is 0 Å². The summed E-state index contributed by atoms with van der Waals surface area (Å²) in [7, 11) is 0. The smallest absolute Gasteiger partial charge is 0.126 e. The average Bonchev–Trinajstić information content (AvgIpc) is 2.29. The van der Waals surface area contributed by atoms with Gasteiger partial charge in [0.1, 0.15) is 5.82 Å². The maximum atomic E-state index is 12.6. The predicted octanol–water partition coefficient (Wildman–Crippen LogP) is 6.02. The molecular weight excluding hydrogens is 235 g/mol. The Morgan fingerprint density at radius 2 is 1.00 bits per heavy atom. The molecule has 0 heterocycles. The van der Waals surface area contributed by atoms with Gasteiger partial charge in [-0.15, -0.1) is 0 Å². The lowest BCUT2D eigenvalue weighted by Gasteiger charge is -1.94. The van der Waals surface area contributed by atoms with Gasteiger partial charge in [-0.3, -0.25) is 0 Å². The lowest BCUT2D eigenvalue weighted by atomic mass is 10.2. The first kappa shape index (κ1) is 19.7. The quantitative estimate of drug-likeness (QED) is 0.544. The first-order chi connectivity index (χ1) is 7.99. The largest absolute Gasteiger partial charge is 0.207 e. The van der Waals surface area contributed by atoms with Crippen LogP contribution in [0.3, 0.4) is 0 Å². The average molecular weight is 262 g/mol. The van der Waals surface area contributed by atoms with Crippen molar-refractivity contribution in [2.75, 3.05) is 0 Å². The topological polar surface area (TPSA) is 0 Å². The van der Waals surface area contributed by atoms with Crippen molar-refractivity contribution in [3.63, 3.8) is 0 Å². The summed E-state index contributed by atoms with van der Waals surface area (Å²) in [6.45, 7) is 7.83. The van der Waals surface area contributed by atoms with Crippen LogP contribution in [0.4, 0.5) is 4.39 Å². The molecule has 0 radical (unpaired) electrons. The first-order valence-corrected chi connectivity index (χ1v) is 5.75. The van der Waals surface area contributed by atoms with Gasteiger partial charge in [-0.05, 0) is 44.9 Å². The van der Waals surface area contributed by atoms with Crippen LogP contribution in [0, 0.1) is 33.5 Å². The van der Waals surface area contributed by atoms with Crippen LogP contribution in [0.25, 0.3) is 0 Å². The third-order valence-electron chi connectivity index (χ3n) is 2.55. The summed E-state index contributed by atoms with van der Waals surface area (Å²) < 4.78 is 12.6. The van der Waals surface area contributed by atoms with Crippen molar-refractivity contribution < 1.29 is 4.39 Å². The molecule has 0 fully saturated rings. The highest BCUT2D eigenvalue weighted by Crippen LogP contribution is 2.06. The SMILES string of the molecule is C.C.Cc1ccc(C)c(F)c1.Cc1ccc(C)cc1. The Morgan fingerprint density at radius 1 is 0.632 bits per heavy atom. The van der Waals surface area contributed by atoms with E-state index in [1.165, 1.54) is 17.2 Å². The van der Waals surface area contributed by atoms with E-state index in [1.807, 2.05) is 13.0 Å². The second-order valence-electron chi connectivity index (χ2n) is 4.41. The second-order valence-corrected chi connectivity index (χ2v) is 4.41. The Bertz CT molecular complexity index is 449. The van der Waals surface area contributed by atoms with Gasteiger partial charge in [0.25, 0.3) is 0 Å². The van der Waals surface area contributed by atoms with E-state index in [2.05, 4.69) is 38.1 Å². The van der Waals surface area contributed by atoms with Gasteiger partial charge in [0.2, 0.25) is 0 Å². The molecule has 0 amide bonds. The highest BCUT2D eigenvalue weighted by atomic mass is 19.1. The molecule has 2 rings (SSSR count).